The van der Waals surface area contributed by atoms with Gasteiger partial charge in [-0.2, -0.15) is 0 Å². The van der Waals surface area contributed by atoms with Crippen LogP contribution in [-0.4, -0.2) is 22.0 Å². The van der Waals surface area contributed by atoms with Crippen LogP contribution < -0.4 is 10.0 Å². The van der Waals surface area contributed by atoms with Crippen LogP contribution in [0.1, 0.15) is 11.3 Å². The predicted octanol–water partition coefficient (Wildman–Crippen LogP) is 1.66. The third kappa shape index (κ3) is 4.13. The average molecular weight is 312 g/mol. The van der Waals surface area contributed by atoms with Crippen LogP contribution in [0, 0.1) is 5.82 Å². The maximum atomic E-state index is 13.9. The maximum absolute atomic E-state index is 13.9. The van der Waals surface area contributed by atoms with Crippen molar-refractivity contribution in [1.29, 1.82) is 0 Å². The van der Waals surface area contributed by atoms with Gasteiger partial charge in [0.05, 0.1) is 6.26 Å². The van der Waals surface area contributed by atoms with Crippen LogP contribution in [0.25, 0.3) is 0 Å². The Bertz CT molecular complexity index is 684. The van der Waals surface area contributed by atoms with Crippen LogP contribution in [0.15, 0.2) is 45.9 Å². The first-order valence-corrected chi connectivity index (χ1v) is 7.96. The molecule has 2 aromatic rings. The summed E-state index contributed by atoms with van der Waals surface area (Å²) in [5, 5.41) is 2.88. The summed E-state index contributed by atoms with van der Waals surface area (Å²) in [5.41, 5.74) is 0.685. The van der Waals surface area contributed by atoms with Gasteiger partial charge in [-0.3, -0.25) is 0 Å². The molecule has 0 amide bonds. The molecule has 0 aliphatic carbocycles. The summed E-state index contributed by atoms with van der Waals surface area (Å²) in [7, 11) is -2.13. The SMILES string of the molecule is CNCc1ccc(S(=O)(=O)NCCc2ccco2)c(F)c1. The molecular formula is C14H17FN2O3S. The van der Waals surface area contributed by atoms with Crippen LogP contribution in [-0.2, 0) is 23.0 Å². The number of benzene rings is 1. The summed E-state index contributed by atoms with van der Waals surface area (Å²) in [6.07, 6.45) is 1.93. The van der Waals surface area contributed by atoms with Gasteiger partial charge in [0.25, 0.3) is 0 Å². The van der Waals surface area contributed by atoms with Crippen molar-refractivity contribution >= 4 is 10.0 Å². The molecule has 7 heteroatoms. The van der Waals surface area contributed by atoms with Gasteiger partial charge in [-0.05, 0) is 36.9 Å². The molecule has 1 heterocycles. The van der Waals surface area contributed by atoms with Crippen molar-refractivity contribution in [3.05, 3.63) is 53.7 Å². The fourth-order valence-corrected chi connectivity index (χ4v) is 3.01. The first-order valence-electron chi connectivity index (χ1n) is 6.48. The molecule has 21 heavy (non-hydrogen) atoms. The molecular weight excluding hydrogens is 295 g/mol. The van der Waals surface area contributed by atoms with E-state index < -0.39 is 15.8 Å². The number of hydrogen-bond donors (Lipinski definition) is 2. The van der Waals surface area contributed by atoms with Crippen molar-refractivity contribution in [2.24, 2.45) is 0 Å². The number of sulfonamides is 1. The Labute approximate surface area is 123 Å². The summed E-state index contributed by atoms with van der Waals surface area (Å²) in [6, 6.07) is 7.56. The molecule has 0 unspecified atom stereocenters. The molecule has 2 rings (SSSR count). The first kappa shape index (κ1) is 15.7. The normalized spacial score (nSPS) is 11.7. The van der Waals surface area contributed by atoms with E-state index >= 15 is 0 Å². The fraction of sp³-hybridized carbons (Fsp3) is 0.286. The zero-order valence-electron chi connectivity index (χ0n) is 11.6. The average Bonchev–Trinajstić information content (AvgIpc) is 2.92. The molecule has 0 aliphatic heterocycles. The topological polar surface area (TPSA) is 71.3 Å². The maximum Gasteiger partial charge on any atom is 0.243 e. The third-order valence-corrected chi connectivity index (χ3v) is 4.40. The molecule has 0 bridgehead atoms. The molecule has 0 radical (unpaired) electrons. The summed E-state index contributed by atoms with van der Waals surface area (Å²) < 4.78 is 45.5. The number of hydrogen-bond acceptors (Lipinski definition) is 4. The van der Waals surface area contributed by atoms with Crippen LogP contribution in [0.4, 0.5) is 4.39 Å². The van der Waals surface area contributed by atoms with E-state index in [9.17, 15) is 12.8 Å². The Balaban J connectivity index is 2.04. The second kappa shape index (κ2) is 6.84. The van der Waals surface area contributed by atoms with Crippen LogP contribution in [0.3, 0.4) is 0 Å². The minimum Gasteiger partial charge on any atom is -0.469 e. The van der Waals surface area contributed by atoms with Gasteiger partial charge in [0.1, 0.15) is 16.5 Å². The second-order valence-corrected chi connectivity index (χ2v) is 6.26. The molecule has 114 valence electrons. The van der Waals surface area contributed by atoms with Gasteiger partial charge >= 0.3 is 0 Å². The highest BCUT2D eigenvalue weighted by Gasteiger charge is 2.18. The van der Waals surface area contributed by atoms with Gasteiger partial charge in [-0.15, -0.1) is 0 Å². The van der Waals surface area contributed by atoms with E-state index in [0.29, 0.717) is 24.3 Å². The largest absolute Gasteiger partial charge is 0.469 e. The number of nitrogens with one attached hydrogen (secondary N) is 2. The van der Waals surface area contributed by atoms with E-state index in [-0.39, 0.29) is 11.4 Å². The second-order valence-electron chi connectivity index (χ2n) is 4.52. The Morgan fingerprint density at radius 1 is 1.29 bits per heavy atom. The summed E-state index contributed by atoms with van der Waals surface area (Å²) in [4.78, 5) is -0.346. The first-order chi connectivity index (χ1) is 10.0. The predicted molar refractivity (Wildman–Crippen MR) is 76.8 cm³/mol. The third-order valence-electron chi connectivity index (χ3n) is 2.91. The van der Waals surface area contributed by atoms with Gasteiger partial charge in [-0.1, -0.05) is 6.07 Å². The van der Waals surface area contributed by atoms with E-state index in [2.05, 4.69) is 10.0 Å². The van der Waals surface area contributed by atoms with E-state index in [1.807, 2.05) is 0 Å². The highest BCUT2D eigenvalue weighted by atomic mass is 32.2. The molecule has 0 fully saturated rings. The van der Waals surface area contributed by atoms with E-state index in [4.69, 9.17) is 4.42 Å². The lowest BCUT2D eigenvalue weighted by molar-refractivity contribution is 0.505. The van der Waals surface area contributed by atoms with Crippen LogP contribution in [0.5, 0.6) is 0 Å². The van der Waals surface area contributed by atoms with Gasteiger partial charge < -0.3 is 9.73 Å². The summed E-state index contributed by atoms with van der Waals surface area (Å²) in [5.74, 6) is -0.0872. The molecule has 1 aromatic carbocycles. The van der Waals surface area contributed by atoms with Crippen molar-refractivity contribution in [3.63, 3.8) is 0 Å². The van der Waals surface area contributed by atoms with E-state index in [1.165, 1.54) is 18.4 Å². The highest BCUT2D eigenvalue weighted by Crippen LogP contribution is 2.16. The number of halogens is 1. The Hall–Kier alpha value is -1.70. The van der Waals surface area contributed by atoms with Crippen LogP contribution in [0.2, 0.25) is 0 Å². The number of furan rings is 1. The van der Waals surface area contributed by atoms with Crippen molar-refractivity contribution in [2.45, 2.75) is 17.9 Å². The zero-order valence-corrected chi connectivity index (χ0v) is 12.4. The summed E-state index contributed by atoms with van der Waals surface area (Å²) >= 11 is 0. The van der Waals surface area contributed by atoms with Crippen molar-refractivity contribution in [3.8, 4) is 0 Å². The minimum absolute atomic E-state index is 0.146. The van der Waals surface area contributed by atoms with E-state index in [0.717, 1.165) is 0 Å². The Morgan fingerprint density at radius 2 is 2.10 bits per heavy atom. The Kier molecular flexibility index (Phi) is 5.11. The molecule has 0 atom stereocenters. The molecule has 0 saturated carbocycles. The highest BCUT2D eigenvalue weighted by molar-refractivity contribution is 7.89. The smallest absolute Gasteiger partial charge is 0.243 e. The molecule has 5 nitrogen and oxygen atoms in total. The lowest BCUT2D eigenvalue weighted by Gasteiger charge is -2.08. The van der Waals surface area contributed by atoms with E-state index in [1.54, 1.807) is 25.2 Å². The molecule has 1 aromatic heterocycles. The van der Waals surface area contributed by atoms with Gasteiger partial charge in [0.15, 0.2) is 0 Å². The van der Waals surface area contributed by atoms with Crippen molar-refractivity contribution in [1.82, 2.24) is 10.0 Å². The van der Waals surface area contributed by atoms with Gasteiger partial charge in [-0.25, -0.2) is 17.5 Å². The minimum atomic E-state index is -3.86. The quantitative estimate of drug-likeness (QED) is 0.815. The summed E-state index contributed by atoms with van der Waals surface area (Å²) in [6.45, 7) is 0.622. The molecule has 2 N–H and O–H groups in total. The molecule has 0 saturated heterocycles. The fourth-order valence-electron chi connectivity index (χ4n) is 1.92. The lowest BCUT2D eigenvalue weighted by atomic mass is 10.2. The van der Waals surface area contributed by atoms with Gasteiger partial charge in [0, 0.05) is 19.5 Å². The van der Waals surface area contributed by atoms with Crippen molar-refractivity contribution < 1.29 is 17.2 Å². The van der Waals surface area contributed by atoms with Crippen molar-refractivity contribution in [2.75, 3.05) is 13.6 Å². The number of rotatable bonds is 7. The molecule has 0 aliphatic rings. The molecule has 0 spiro atoms. The lowest BCUT2D eigenvalue weighted by Crippen LogP contribution is -2.26. The monoisotopic (exact) mass is 312 g/mol. The standard InChI is InChI=1S/C14H17FN2O3S/c1-16-10-11-4-5-14(13(15)9-11)21(18,19)17-7-6-12-3-2-8-20-12/h2-5,8-9,16-17H,6-7,10H2,1H3. The van der Waals surface area contributed by atoms with Crippen LogP contribution >= 0.6 is 0 Å². The Morgan fingerprint density at radius 3 is 2.71 bits per heavy atom. The van der Waals surface area contributed by atoms with Gasteiger partial charge in [0.2, 0.25) is 10.0 Å². The zero-order chi connectivity index (χ0) is 15.3.